The van der Waals surface area contributed by atoms with E-state index in [1.54, 1.807) is 0 Å². The van der Waals surface area contributed by atoms with Crippen LogP contribution in [0.4, 0.5) is 0 Å². The summed E-state index contributed by atoms with van der Waals surface area (Å²) in [6, 6.07) is 8.57. The van der Waals surface area contributed by atoms with Gasteiger partial charge in [0.05, 0.1) is 11.7 Å². The zero-order valence-corrected chi connectivity index (χ0v) is 15.9. The minimum Gasteiger partial charge on any atom is -0.404 e. The highest BCUT2D eigenvalue weighted by Crippen LogP contribution is 2.65. The lowest BCUT2D eigenvalue weighted by Crippen LogP contribution is -2.65. The molecule has 3 aliphatic carbocycles. The third kappa shape index (κ3) is 2.63. The Labute approximate surface area is 152 Å². The van der Waals surface area contributed by atoms with Crippen molar-refractivity contribution >= 4 is 19.5 Å². The first-order valence-corrected chi connectivity index (χ1v) is 8.95. The molecule has 0 amide bonds. The highest BCUT2D eigenvalue weighted by molar-refractivity contribution is 6.47. The Morgan fingerprint density at radius 3 is 2.50 bits per heavy atom. The molecule has 5 heteroatoms. The molecule has 2 bridgehead atoms. The SMILES string of the molecule is Cc1ccc(CC(N)B2O[C@@H]3C[C@@H]4C[C@@H](C4(C)C)[C@]3(C)O2)cc1.Cl. The average molecular weight is 350 g/mol. The largest absolute Gasteiger partial charge is 0.475 e. The number of aryl methyl sites for hydroxylation is 1. The molecule has 132 valence electrons. The summed E-state index contributed by atoms with van der Waals surface area (Å²) in [5, 5.41) is 0. The van der Waals surface area contributed by atoms with E-state index < -0.39 is 0 Å². The van der Waals surface area contributed by atoms with Gasteiger partial charge < -0.3 is 15.0 Å². The Balaban J connectivity index is 0.00000169. The van der Waals surface area contributed by atoms with Crippen LogP contribution in [0.25, 0.3) is 0 Å². The van der Waals surface area contributed by atoms with Gasteiger partial charge in [-0.1, -0.05) is 43.7 Å². The molecule has 1 heterocycles. The summed E-state index contributed by atoms with van der Waals surface area (Å²) in [5.74, 6) is 1.26. The standard InChI is InChI=1S/C19H28BNO2.ClH/c1-12-5-7-13(8-6-12)9-17(21)20-22-16-11-14-10-15(18(14,2)3)19(16,4)23-20;/h5-8,14-17H,9-11,21H2,1-4H3;1H/t14-,15-,16+,17?,19-;/m0./s1. The van der Waals surface area contributed by atoms with E-state index in [1.807, 2.05) is 0 Å². The van der Waals surface area contributed by atoms with Crippen LogP contribution in [0.15, 0.2) is 24.3 Å². The molecule has 1 aliphatic heterocycles. The summed E-state index contributed by atoms with van der Waals surface area (Å²) in [7, 11) is -0.276. The molecule has 4 aliphatic rings. The van der Waals surface area contributed by atoms with Crippen LogP contribution >= 0.6 is 12.4 Å². The highest BCUT2D eigenvalue weighted by Gasteiger charge is 2.68. The van der Waals surface area contributed by atoms with Gasteiger partial charge in [-0.25, -0.2) is 0 Å². The molecule has 1 aromatic rings. The van der Waals surface area contributed by atoms with E-state index in [0.717, 1.165) is 18.8 Å². The molecule has 1 saturated heterocycles. The fourth-order valence-corrected chi connectivity index (χ4v) is 5.17. The quantitative estimate of drug-likeness (QED) is 0.849. The van der Waals surface area contributed by atoms with Crippen molar-refractivity contribution in [2.45, 2.75) is 64.6 Å². The Bertz CT molecular complexity index is 608. The van der Waals surface area contributed by atoms with E-state index >= 15 is 0 Å². The van der Waals surface area contributed by atoms with Crippen molar-refractivity contribution in [2.24, 2.45) is 23.0 Å². The number of nitrogens with two attached hydrogens (primary N) is 1. The molecular formula is C19H29BClNO2. The molecule has 0 radical (unpaired) electrons. The maximum atomic E-state index is 6.45. The van der Waals surface area contributed by atoms with Gasteiger partial charge in [0.2, 0.25) is 0 Å². The summed E-state index contributed by atoms with van der Waals surface area (Å²) in [5.41, 5.74) is 9.18. The van der Waals surface area contributed by atoms with Crippen molar-refractivity contribution in [1.29, 1.82) is 0 Å². The van der Waals surface area contributed by atoms with Gasteiger partial charge in [0, 0.05) is 5.94 Å². The number of hydrogen-bond donors (Lipinski definition) is 1. The second-order valence-electron chi connectivity index (χ2n) is 8.69. The zero-order chi connectivity index (χ0) is 16.4. The first-order chi connectivity index (χ1) is 10.8. The third-order valence-electron chi connectivity index (χ3n) is 6.91. The van der Waals surface area contributed by atoms with Gasteiger partial charge in [-0.3, -0.25) is 0 Å². The second-order valence-corrected chi connectivity index (χ2v) is 8.69. The molecular weight excluding hydrogens is 320 g/mol. The van der Waals surface area contributed by atoms with Gasteiger partial charge in [0.15, 0.2) is 0 Å². The summed E-state index contributed by atoms with van der Waals surface area (Å²) in [6.07, 6.45) is 3.41. The van der Waals surface area contributed by atoms with Crippen molar-refractivity contribution < 1.29 is 9.31 Å². The molecule has 0 aromatic heterocycles. The van der Waals surface area contributed by atoms with Crippen molar-refractivity contribution in [1.82, 2.24) is 0 Å². The van der Waals surface area contributed by atoms with E-state index in [-0.39, 0.29) is 37.2 Å². The van der Waals surface area contributed by atoms with E-state index in [2.05, 4.69) is 52.0 Å². The van der Waals surface area contributed by atoms with Crippen molar-refractivity contribution in [3.63, 3.8) is 0 Å². The Morgan fingerprint density at radius 1 is 1.21 bits per heavy atom. The van der Waals surface area contributed by atoms with Crippen molar-refractivity contribution in [3.05, 3.63) is 35.4 Å². The van der Waals surface area contributed by atoms with Crippen LogP contribution in [-0.4, -0.2) is 24.8 Å². The summed E-state index contributed by atoms with van der Waals surface area (Å²) >= 11 is 0. The molecule has 3 nitrogen and oxygen atoms in total. The smallest absolute Gasteiger partial charge is 0.404 e. The summed E-state index contributed by atoms with van der Waals surface area (Å²) in [4.78, 5) is 0. The maximum absolute atomic E-state index is 6.45. The number of benzene rings is 1. The maximum Gasteiger partial charge on any atom is 0.475 e. The first kappa shape index (κ1) is 18.3. The normalized spacial score (nSPS) is 37.2. The zero-order valence-electron chi connectivity index (χ0n) is 15.1. The molecule has 0 spiro atoms. The van der Waals surface area contributed by atoms with Gasteiger partial charge in [-0.15, -0.1) is 12.4 Å². The lowest BCUT2D eigenvalue weighted by Gasteiger charge is -2.64. The highest BCUT2D eigenvalue weighted by atomic mass is 35.5. The van der Waals surface area contributed by atoms with Crippen molar-refractivity contribution in [3.8, 4) is 0 Å². The molecule has 5 rings (SSSR count). The summed E-state index contributed by atoms with van der Waals surface area (Å²) < 4.78 is 12.7. The van der Waals surface area contributed by atoms with Crippen LogP contribution in [0, 0.1) is 24.2 Å². The van der Waals surface area contributed by atoms with E-state index in [9.17, 15) is 0 Å². The predicted octanol–water partition coefficient (Wildman–Crippen LogP) is 3.55. The van der Waals surface area contributed by atoms with Crippen LogP contribution in [-0.2, 0) is 15.7 Å². The molecule has 5 atom stereocenters. The van der Waals surface area contributed by atoms with Gasteiger partial charge in [-0.05, 0) is 55.9 Å². The first-order valence-electron chi connectivity index (χ1n) is 8.95. The van der Waals surface area contributed by atoms with Crippen LogP contribution in [0.1, 0.15) is 44.7 Å². The number of halogens is 1. The Morgan fingerprint density at radius 2 is 1.88 bits per heavy atom. The minimum atomic E-state index is -0.276. The van der Waals surface area contributed by atoms with Crippen LogP contribution in [0.2, 0.25) is 0 Å². The van der Waals surface area contributed by atoms with Crippen LogP contribution in [0.3, 0.4) is 0 Å². The van der Waals surface area contributed by atoms with Crippen molar-refractivity contribution in [2.75, 3.05) is 0 Å². The lowest BCUT2D eigenvalue weighted by molar-refractivity contribution is -0.199. The third-order valence-corrected chi connectivity index (χ3v) is 6.91. The van der Waals surface area contributed by atoms with Crippen LogP contribution in [0.5, 0.6) is 0 Å². The Kier molecular flexibility index (Phi) is 4.57. The van der Waals surface area contributed by atoms with Gasteiger partial charge in [0.1, 0.15) is 0 Å². The molecule has 24 heavy (non-hydrogen) atoms. The monoisotopic (exact) mass is 349 g/mol. The molecule has 1 aromatic carbocycles. The van der Waals surface area contributed by atoms with Crippen LogP contribution < -0.4 is 5.73 Å². The topological polar surface area (TPSA) is 44.5 Å². The molecule has 1 unspecified atom stereocenters. The second kappa shape index (κ2) is 6.01. The molecule has 3 saturated carbocycles. The molecule has 4 fully saturated rings. The number of hydrogen-bond acceptors (Lipinski definition) is 3. The lowest BCUT2D eigenvalue weighted by atomic mass is 9.43. The van der Waals surface area contributed by atoms with Gasteiger partial charge in [0.25, 0.3) is 0 Å². The number of rotatable bonds is 3. The van der Waals surface area contributed by atoms with E-state index in [0.29, 0.717) is 11.3 Å². The predicted molar refractivity (Wildman–Crippen MR) is 100 cm³/mol. The fraction of sp³-hybridized carbons (Fsp3) is 0.684. The van der Waals surface area contributed by atoms with E-state index in [1.165, 1.54) is 17.5 Å². The minimum absolute atomic E-state index is 0. The average Bonchev–Trinajstić information content (AvgIpc) is 2.86. The van der Waals surface area contributed by atoms with Gasteiger partial charge >= 0.3 is 7.12 Å². The molecule has 2 N–H and O–H groups in total. The van der Waals surface area contributed by atoms with E-state index in [4.69, 9.17) is 15.0 Å². The Hall–Kier alpha value is -0.545. The fourth-order valence-electron chi connectivity index (χ4n) is 5.17. The summed E-state index contributed by atoms with van der Waals surface area (Å²) in [6.45, 7) is 9.12. The van der Waals surface area contributed by atoms with Gasteiger partial charge in [-0.2, -0.15) is 0 Å².